The van der Waals surface area contributed by atoms with Crippen LogP contribution in [0.15, 0.2) is 18.2 Å². The second-order valence-electron chi connectivity index (χ2n) is 5.90. The summed E-state index contributed by atoms with van der Waals surface area (Å²) >= 11 is 0. The quantitative estimate of drug-likeness (QED) is 0.756. The van der Waals surface area contributed by atoms with E-state index >= 15 is 0 Å². The van der Waals surface area contributed by atoms with Crippen LogP contribution in [-0.4, -0.2) is 47.1 Å². The minimum absolute atomic E-state index is 0.0855. The van der Waals surface area contributed by atoms with Gasteiger partial charge in [0.15, 0.2) is 5.69 Å². The highest BCUT2D eigenvalue weighted by molar-refractivity contribution is 5.85. The molecule has 2 rings (SSSR count). The number of hydrogen-bond donors (Lipinski definition) is 2. The van der Waals surface area contributed by atoms with Crippen LogP contribution in [0.3, 0.4) is 0 Å². The fourth-order valence-electron chi connectivity index (χ4n) is 2.82. The zero-order valence-electron chi connectivity index (χ0n) is 12.7. The lowest BCUT2D eigenvalue weighted by molar-refractivity contribution is 0.0690. The van der Waals surface area contributed by atoms with E-state index in [9.17, 15) is 4.79 Å². The Morgan fingerprint density at radius 1 is 1.48 bits per heavy atom. The van der Waals surface area contributed by atoms with Crippen molar-refractivity contribution in [1.82, 2.24) is 9.88 Å². The number of nitrogens with zero attached hydrogens (tertiary/aromatic N) is 2. The van der Waals surface area contributed by atoms with Gasteiger partial charge in [-0.25, -0.2) is 9.78 Å². The van der Waals surface area contributed by atoms with Crippen molar-refractivity contribution in [3.8, 4) is 0 Å². The molecule has 0 aliphatic carbocycles. The Labute approximate surface area is 126 Å². The monoisotopic (exact) mass is 291 g/mol. The van der Waals surface area contributed by atoms with E-state index in [1.807, 2.05) is 0 Å². The van der Waals surface area contributed by atoms with Crippen molar-refractivity contribution in [2.24, 2.45) is 5.92 Å². The van der Waals surface area contributed by atoms with E-state index < -0.39 is 5.97 Å². The molecule has 1 unspecified atom stereocenters. The Balaban J connectivity index is 1.63. The zero-order valence-corrected chi connectivity index (χ0v) is 12.7. The highest BCUT2D eigenvalue weighted by Gasteiger charge is 2.15. The Hall–Kier alpha value is -1.62. The van der Waals surface area contributed by atoms with Gasteiger partial charge in [0.2, 0.25) is 0 Å². The lowest BCUT2D eigenvalue weighted by atomic mass is 10.0. The van der Waals surface area contributed by atoms with E-state index in [-0.39, 0.29) is 5.69 Å². The van der Waals surface area contributed by atoms with Crippen LogP contribution < -0.4 is 5.32 Å². The van der Waals surface area contributed by atoms with Gasteiger partial charge in [-0.1, -0.05) is 13.0 Å². The van der Waals surface area contributed by atoms with Gasteiger partial charge in [-0.05, 0) is 56.8 Å². The Bertz CT molecular complexity index is 465. The SMILES string of the molecule is CC1CCCN(CCCCNc2cccc(C(=O)O)n2)C1. The first kappa shape index (κ1) is 15.8. The van der Waals surface area contributed by atoms with E-state index in [0.717, 1.165) is 25.4 Å². The summed E-state index contributed by atoms with van der Waals surface area (Å²) in [5, 5.41) is 12.1. The average molecular weight is 291 g/mol. The maximum absolute atomic E-state index is 10.8. The molecule has 1 atom stereocenters. The Kier molecular flexibility index (Phi) is 5.99. The Morgan fingerprint density at radius 2 is 2.33 bits per heavy atom. The van der Waals surface area contributed by atoms with Gasteiger partial charge in [0, 0.05) is 13.1 Å². The van der Waals surface area contributed by atoms with Crippen molar-refractivity contribution < 1.29 is 9.90 Å². The number of carboxylic acid groups (broad SMARTS) is 1. The Morgan fingerprint density at radius 3 is 3.10 bits per heavy atom. The van der Waals surface area contributed by atoms with E-state index in [2.05, 4.69) is 22.1 Å². The van der Waals surface area contributed by atoms with Gasteiger partial charge in [0.05, 0.1) is 0 Å². The number of carboxylic acids is 1. The van der Waals surface area contributed by atoms with Crippen LogP contribution in [0, 0.1) is 5.92 Å². The van der Waals surface area contributed by atoms with Gasteiger partial charge in [0.1, 0.15) is 5.82 Å². The first-order valence-corrected chi connectivity index (χ1v) is 7.82. The standard InChI is InChI=1S/C16H25N3O2/c1-13-6-5-11-19(12-13)10-3-2-9-17-15-8-4-7-14(18-15)16(20)21/h4,7-8,13H,2-3,5-6,9-12H2,1H3,(H,17,18)(H,20,21). The second-order valence-corrected chi connectivity index (χ2v) is 5.90. The normalized spacial score (nSPS) is 19.4. The third-order valence-corrected chi connectivity index (χ3v) is 3.92. The number of aromatic nitrogens is 1. The van der Waals surface area contributed by atoms with Crippen LogP contribution in [0.1, 0.15) is 43.1 Å². The van der Waals surface area contributed by atoms with Gasteiger partial charge in [-0.2, -0.15) is 0 Å². The number of likely N-dealkylation sites (tertiary alicyclic amines) is 1. The van der Waals surface area contributed by atoms with Gasteiger partial charge in [-0.15, -0.1) is 0 Å². The molecule has 1 aromatic rings. The van der Waals surface area contributed by atoms with Crippen molar-refractivity contribution in [3.63, 3.8) is 0 Å². The molecular weight excluding hydrogens is 266 g/mol. The molecule has 1 fully saturated rings. The number of nitrogens with one attached hydrogen (secondary N) is 1. The van der Waals surface area contributed by atoms with Crippen LogP contribution in [0.5, 0.6) is 0 Å². The molecular formula is C16H25N3O2. The fraction of sp³-hybridized carbons (Fsp3) is 0.625. The van der Waals surface area contributed by atoms with Crippen LogP contribution in [0.4, 0.5) is 5.82 Å². The van der Waals surface area contributed by atoms with Crippen LogP contribution in [0.2, 0.25) is 0 Å². The molecule has 5 heteroatoms. The summed E-state index contributed by atoms with van der Waals surface area (Å²) in [6.07, 6.45) is 4.93. The molecule has 0 bridgehead atoms. The minimum atomic E-state index is -0.988. The van der Waals surface area contributed by atoms with Gasteiger partial charge < -0.3 is 15.3 Å². The summed E-state index contributed by atoms with van der Waals surface area (Å²) in [7, 11) is 0. The van der Waals surface area contributed by atoms with Gasteiger partial charge in [0.25, 0.3) is 0 Å². The third kappa shape index (κ3) is 5.34. The largest absolute Gasteiger partial charge is 0.477 e. The summed E-state index contributed by atoms with van der Waals surface area (Å²) in [6.45, 7) is 6.79. The van der Waals surface area contributed by atoms with Crippen LogP contribution in [-0.2, 0) is 0 Å². The highest BCUT2D eigenvalue weighted by atomic mass is 16.4. The average Bonchev–Trinajstić information content (AvgIpc) is 2.47. The van der Waals surface area contributed by atoms with Gasteiger partial charge in [-0.3, -0.25) is 0 Å². The number of piperidine rings is 1. The lowest BCUT2D eigenvalue weighted by Gasteiger charge is -2.30. The lowest BCUT2D eigenvalue weighted by Crippen LogP contribution is -2.35. The highest BCUT2D eigenvalue weighted by Crippen LogP contribution is 2.15. The van der Waals surface area contributed by atoms with Crippen LogP contribution in [0.25, 0.3) is 0 Å². The molecule has 1 saturated heterocycles. The van der Waals surface area contributed by atoms with Gasteiger partial charge >= 0.3 is 5.97 Å². The number of rotatable bonds is 7. The predicted molar refractivity (Wildman–Crippen MR) is 83.8 cm³/mol. The number of aromatic carboxylic acids is 1. The number of unbranched alkanes of at least 4 members (excludes halogenated alkanes) is 1. The van der Waals surface area contributed by atoms with E-state index in [4.69, 9.17) is 5.11 Å². The minimum Gasteiger partial charge on any atom is -0.477 e. The topological polar surface area (TPSA) is 65.5 Å². The predicted octanol–water partition coefficient (Wildman–Crippen LogP) is 2.70. The maximum atomic E-state index is 10.8. The first-order chi connectivity index (χ1) is 10.1. The number of pyridine rings is 1. The number of carbonyl (C=O) groups is 1. The number of hydrogen-bond acceptors (Lipinski definition) is 4. The summed E-state index contributed by atoms with van der Waals surface area (Å²) in [6, 6.07) is 5.03. The third-order valence-electron chi connectivity index (χ3n) is 3.92. The van der Waals surface area contributed by atoms with E-state index in [0.29, 0.717) is 5.82 Å². The maximum Gasteiger partial charge on any atom is 0.354 e. The molecule has 0 amide bonds. The van der Waals surface area contributed by atoms with Crippen LogP contribution >= 0.6 is 0 Å². The molecule has 1 aliphatic rings. The molecule has 1 aliphatic heterocycles. The van der Waals surface area contributed by atoms with Crippen molar-refractivity contribution >= 4 is 11.8 Å². The zero-order chi connectivity index (χ0) is 15.1. The fourth-order valence-corrected chi connectivity index (χ4v) is 2.82. The number of anilines is 1. The molecule has 0 radical (unpaired) electrons. The molecule has 116 valence electrons. The van der Waals surface area contributed by atoms with E-state index in [1.54, 1.807) is 12.1 Å². The van der Waals surface area contributed by atoms with Crippen molar-refractivity contribution in [1.29, 1.82) is 0 Å². The summed E-state index contributed by atoms with van der Waals surface area (Å²) in [4.78, 5) is 17.4. The smallest absolute Gasteiger partial charge is 0.354 e. The molecule has 5 nitrogen and oxygen atoms in total. The molecule has 2 heterocycles. The second kappa shape index (κ2) is 7.98. The van der Waals surface area contributed by atoms with E-state index in [1.165, 1.54) is 38.4 Å². The molecule has 0 spiro atoms. The first-order valence-electron chi connectivity index (χ1n) is 7.82. The van der Waals surface area contributed by atoms with Crippen molar-refractivity contribution in [2.45, 2.75) is 32.6 Å². The molecule has 1 aromatic heterocycles. The summed E-state index contributed by atoms with van der Waals surface area (Å²) in [5.41, 5.74) is 0.0855. The molecule has 0 saturated carbocycles. The molecule has 0 aromatic carbocycles. The molecule has 21 heavy (non-hydrogen) atoms. The van der Waals surface area contributed by atoms with Crippen molar-refractivity contribution in [2.75, 3.05) is 31.5 Å². The summed E-state index contributed by atoms with van der Waals surface area (Å²) in [5.74, 6) is 0.485. The molecule has 2 N–H and O–H groups in total. The summed E-state index contributed by atoms with van der Waals surface area (Å²) < 4.78 is 0. The van der Waals surface area contributed by atoms with Crippen molar-refractivity contribution in [3.05, 3.63) is 23.9 Å².